The van der Waals surface area contributed by atoms with Gasteiger partial charge in [0.25, 0.3) is 0 Å². The maximum Gasteiger partial charge on any atom is 0.0590 e. The highest BCUT2D eigenvalue weighted by Crippen LogP contribution is 2.51. The first-order chi connectivity index (χ1) is 41.6. The third-order valence-corrected chi connectivity index (χ3v) is 18.4. The van der Waals surface area contributed by atoms with Gasteiger partial charge in [-0.05, 0) is 181 Å². The lowest BCUT2D eigenvalue weighted by Crippen LogP contribution is -2.40. The van der Waals surface area contributed by atoms with Crippen molar-refractivity contribution in [2.24, 2.45) is 11.8 Å². The molecule has 0 bridgehead atoms. The van der Waals surface area contributed by atoms with Crippen LogP contribution in [0.4, 0.5) is 28.4 Å². The molecule has 84 heavy (non-hydrogen) atoms. The Labute approximate surface area is 488 Å². The van der Waals surface area contributed by atoms with Gasteiger partial charge in [-0.3, -0.25) is 0 Å². The number of allylic oxidation sites excluding steroid dienone is 4. The summed E-state index contributed by atoms with van der Waals surface area (Å²) < 4.78 is 0. The summed E-state index contributed by atoms with van der Waals surface area (Å²) >= 11 is 0. The Morgan fingerprint density at radius 1 is 0.274 bits per heavy atom. The first-order valence-corrected chi connectivity index (χ1v) is 29.6. The van der Waals surface area contributed by atoms with Crippen molar-refractivity contribution in [2.45, 2.75) is 12.5 Å². The summed E-state index contributed by atoms with van der Waals surface area (Å²) in [6.45, 7) is 0. The summed E-state index contributed by atoms with van der Waals surface area (Å²) in [7, 11) is 0. The second-order valence-corrected chi connectivity index (χ2v) is 23.1. The lowest BCUT2D eigenvalue weighted by Gasteiger charge is -2.41. The maximum atomic E-state index is 2.64. The summed E-state index contributed by atoms with van der Waals surface area (Å²) in [5.41, 5.74) is 10.5. The molecular weight excluding hydrogens is 1010 g/mol. The Hall–Kier alpha value is -10.5. The van der Waals surface area contributed by atoms with Crippen molar-refractivity contribution in [3.05, 3.63) is 309 Å². The van der Waals surface area contributed by atoms with Crippen LogP contribution in [-0.4, -0.2) is 6.04 Å². The fraction of sp³-hybridized carbons (Fsp3) is 0.0488. The van der Waals surface area contributed by atoms with Crippen LogP contribution in [0.5, 0.6) is 0 Å². The Morgan fingerprint density at radius 3 is 1.31 bits per heavy atom. The molecule has 0 aromatic heterocycles. The van der Waals surface area contributed by atoms with E-state index < -0.39 is 0 Å². The minimum Gasteiger partial charge on any atom is -0.334 e. The molecule has 15 aromatic carbocycles. The van der Waals surface area contributed by atoms with Crippen LogP contribution in [0.25, 0.3) is 119 Å². The number of benzene rings is 15. The number of hydrogen-bond donors (Lipinski definition) is 0. The van der Waals surface area contributed by atoms with Gasteiger partial charge in [-0.25, -0.2) is 0 Å². The van der Waals surface area contributed by atoms with Gasteiger partial charge in [-0.2, -0.15) is 0 Å². The number of anilines is 5. The van der Waals surface area contributed by atoms with E-state index in [-0.39, 0.29) is 6.04 Å². The number of rotatable bonds is 8. The van der Waals surface area contributed by atoms with E-state index in [4.69, 9.17) is 0 Å². The molecule has 0 radical (unpaired) electrons. The molecule has 2 heteroatoms. The highest BCUT2D eigenvalue weighted by molar-refractivity contribution is 6.24. The summed E-state index contributed by atoms with van der Waals surface area (Å²) in [4.78, 5) is 5.15. The molecule has 0 saturated heterocycles. The highest BCUT2D eigenvalue weighted by atomic mass is 15.2. The van der Waals surface area contributed by atoms with Crippen molar-refractivity contribution >= 4 is 125 Å². The van der Waals surface area contributed by atoms with E-state index in [2.05, 4.69) is 319 Å². The molecular formula is C82H56N2. The molecule has 394 valence electrons. The molecule has 17 rings (SSSR count). The normalized spacial score (nSPS) is 15.8. The summed E-state index contributed by atoms with van der Waals surface area (Å²) in [5, 5.41) is 22.0. The number of nitrogens with zero attached hydrogens (tertiary/aromatic N) is 2. The topological polar surface area (TPSA) is 6.48 Å². The van der Waals surface area contributed by atoms with Gasteiger partial charge < -0.3 is 9.80 Å². The monoisotopic (exact) mass is 1070 g/mol. The van der Waals surface area contributed by atoms with Crippen molar-refractivity contribution in [1.29, 1.82) is 0 Å². The number of fused-ring (bicyclic) bond motifs is 12. The minimum atomic E-state index is 0.0767. The lowest BCUT2D eigenvalue weighted by atomic mass is 9.76. The fourth-order valence-electron chi connectivity index (χ4n) is 14.5. The molecule has 0 fully saturated rings. The minimum absolute atomic E-state index is 0.0767. The quantitative estimate of drug-likeness (QED) is 0.0850. The Morgan fingerprint density at radius 2 is 0.702 bits per heavy atom. The molecule has 2 nitrogen and oxygen atoms in total. The summed E-state index contributed by atoms with van der Waals surface area (Å²) in [6, 6.07) is 103. The predicted molar refractivity (Wildman–Crippen MR) is 361 cm³/mol. The largest absolute Gasteiger partial charge is 0.334 e. The molecule has 2 aliphatic rings. The van der Waals surface area contributed by atoms with Gasteiger partial charge >= 0.3 is 0 Å². The van der Waals surface area contributed by atoms with Gasteiger partial charge in [-0.1, -0.05) is 249 Å². The lowest BCUT2D eigenvalue weighted by molar-refractivity contribution is 0.412. The Balaban J connectivity index is 0.995. The van der Waals surface area contributed by atoms with Crippen molar-refractivity contribution in [1.82, 2.24) is 0 Å². The van der Waals surface area contributed by atoms with E-state index in [0.717, 1.165) is 29.2 Å². The predicted octanol–water partition coefficient (Wildman–Crippen LogP) is 22.7. The average Bonchev–Trinajstić information content (AvgIpc) is 1.05. The van der Waals surface area contributed by atoms with E-state index in [9.17, 15) is 0 Å². The summed E-state index contributed by atoms with van der Waals surface area (Å²) in [6.07, 6.45) is 15.3. The molecule has 2 aliphatic carbocycles. The van der Waals surface area contributed by atoms with Crippen LogP contribution >= 0.6 is 0 Å². The van der Waals surface area contributed by atoms with Crippen LogP contribution in [-0.2, 0) is 0 Å². The standard InChI is InChI=1S/C82H56N2/c1-2-22-59-50-64(41-38-53(59)16-1)83(78-31-13-23-54-17-5-10-28-71(54)78)65-42-46-74-76(51-65)81(62-39-44-69-60(48-62)36-34-57-20-3-8-26-67(57)69)75-47-43-66(52-77(75)82(74)63-40-45-70-61(49-63)37-35-58-21-4-9-27-68(58)70)84(79-32-14-24-55-18-6-11-29-72(55)79)80-33-15-25-56-19-7-12-30-73(56)80/h1-22,24-52,54,71,78H,23H2. The van der Waals surface area contributed by atoms with Crippen LogP contribution < -0.4 is 9.80 Å². The fourth-order valence-corrected chi connectivity index (χ4v) is 14.5. The molecule has 15 aromatic rings. The van der Waals surface area contributed by atoms with Crippen LogP contribution in [0.2, 0.25) is 0 Å². The van der Waals surface area contributed by atoms with E-state index >= 15 is 0 Å². The zero-order valence-electron chi connectivity index (χ0n) is 46.3. The molecule has 3 unspecified atom stereocenters. The van der Waals surface area contributed by atoms with Gasteiger partial charge in [0.1, 0.15) is 0 Å². The first-order valence-electron chi connectivity index (χ1n) is 29.6. The van der Waals surface area contributed by atoms with Crippen LogP contribution in [0.1, 0.15) is 6.42 Å². The summed E-state index contributed by atoms with van der Waals surface area (Å²) in [5.74, 6) is 0.706. The highest BCUT2D eigenvalue weighted by Gasteiger charge is 2.34. The molecule has 0 N–H and O–H groups in total. The van der Waals surface area contributed by atoms with Crippen molar-refractivity contribution < 1.29 is 0 Å². The zero-order chi connectivity index (χ0) is 55.2. The van der Waals surface area contributed by atoms with E-state index in [1.807, 2.05) is 0 Å². The maximum absolute atomic E-state index is 2.64. The molecule has 0 amide bonds. The third-order valence-electron chi connectivity index (χ3n) is 18.4. The molecule has 0 spiro atoms. The number of hydrogen-bond acceptors (Lipinski definition) is 2. The van der Waals surface area contributed by atoms with E-state index in [0.29, 0.717) is 11.8 Å². The second kappa shape index (κ2) is 19.6. The molecule has 0 aliphatic heterocycles. The molecule has 3 atom stereocenters. The Bertz CT molecular complexity index is 5200. The third kappa shape index (κ3) is 7.86. The second-order valence-electron chi connectivity index (χ2n) is 23.1. The average molecular weight is 1070 g/mol. The van der Waals surface area contributed by atoms with Crippen LogP contribution in [0.15, 0.2) is 309 Å². The van der Waals surface area contributed by atoms with Crippen LogP contribution in [0, 0.1) is 11.8 Å². The van der Waals surface area contributed by atoms with Gasteiger partial charge in [0.15, 0.2) is 0 Å². The molecule has 0 saturated carbocycles. The molecule has 0 heterocycles. The Kier molecular flexibility index (Phi) is 11.2. The van der Waals surface area contributed by atoms with Crippen molar-refractivity contribution in [2.75, 3.05) is 9.80 Å². The smallest absolute Gasteiger partial charge is 0.0590 e. The first kappa shape index (κ1) is 48.2. The van der Waals surface area contributed by atoms with Gasteiger partial charge in [0.05, 0.1) is 17.4 Å². The van der Waals surface area contributed by atoms with Gasteiger partial charge in [0, 0.05) is 33.8 Å². The van der Waals surface area contributed by atoms with Gasteiger partial charge in [-0.15, -0.1) is 0 Å². The van der Waals surface area contributed by atoms with Gasteiger partial charge in [0.2, 0.25) is 0 Å². The van der Waals surface area contributed by atoms with E-state index in [1.54, 1.807) is 0 Å². The van der Waals surface area contributed by atoms with Crippen molar-refractivity contribution in [3.8, 4) is 22.3 Å². The SMILES string of the molecule is C1=CC2CC=CC(N(c3ccc4ccccc4c3)c3ccc4c(-c5ccc6c(ccc7ccccc76)c5)c5cc(N(c6cccc7ccccc67)c6cccc7ccccc67)ccc5c(-c5ccc6c(ccc7ccccc76)c5)c4c3)C2C=C1. The van der Waals surface area contributed by atoms with E-state index in [1.165, 1.54) is 125 Å². The van der Waals surface area contributed by atoms with Crippen LogP contribution in [0.3, 0.4) is 0 Å². The van der Waals surface area contributed by atoms with Crippen molar-refractivity contribution in [3.63, 3.8) is 0 Å². The zero-order valence-corrected chi connectivity index (χ0v) is 46.3.